The number of hydrogen-bond donors (Lipinski definition) is 0. The predicted molar refractivity (Wildman–Crippen MR) is 49.0 cm³/mol. The van der Waals surface area contributed by atoms with Crippen LogP contribution in [0, 0.1) is 0 Å². The lowest BCUT2D eigenvalue weighted by molar-refractivity contribution is -0.135. The highest BCUT2D eigenvalue weighted by Gasteiger charge is 2.31. The third-order valence-corrected chi connectivity index (χ3v) is 2.26. The van der Waals surface area contributed by atoms with E-state index in [0.29, 0.717) is 13.2 Å². The van der Waals surface area contributed by atoms with Gasteiger partial charge in [-0.2, -0.15) is 13.2 Å². The van der Waals surface area contributed by atoms with Gasteiger partial charge in [0.2, 0.25) is 0 Å². The molecule has 0 bridgehead atoms. The fraction of sp³-hybridized carbons (Fsp3) is 1.00. The number of epoxide rings is 1. The zero-order valence-corrected chi connectivity index (χ0v) is 8.97. The quantitative estimate of drug-likeness (QED) is 0.441. The van der Waals surface area contributed by atoms with Crippen molar-refractivity contribution >= 4 is 22.6 Å². The highest BCUT2D eigenvalue weighted by atomic mass is 127. The van der Waals surface area contributed by atoms with E-state index in [2.05, 4.69) is 0 Å². The van der Waals surface area contributed by atoms with Crippen molar-refractivity contribution in [2.24, 2.45) is 0 Å². The van der Waals surface area contributed by atoms with E-state index in [0.717, 1.165) is 0 Å². The molecule has 13 heavy (non-hydrogen) atoms. The SMILES string of the molecule is FC(F)(F)CC(I)COCC1CO1. The summed E-state index contributed by atoms with van der Waals surface area (Å²) in [5.74, 6) is 0. The number of hydrogen-bond acceptors (Lipinski definition) is 2. The van der Waals surface area contributed by atoms with Crippen molar-refractivity contribution in [1.82, 2.24) is 0 Å². The van der Waals surface area contributed by atoms with E-state index in [9.17, 15) is 13.2 Å². The average Bonchev–Trinajstić information content (AvgIpc) is 2.66. The van der Waals surface area contributed by atoms with Gasteiger partial charge in [-0.05, 0) is 0 Å². The molecule has 0 radical (unpaired) electrons. The van der Waals surface area contributed by atoms with Crippen molar-refractivity contribution in [3.63, 3.8) is 0 Å². The highest BCUT2D eigenvalue weighted by Crippen LogP contribution is 2.25. The monoisotopic (exact) mass is 310 g/mol. The van der Waals surface area contributed by atoms with Crippen LogP contribution in [-0.2, 0) is 9.47 Å². The molecule has 0 spiro atoms. The van der Waals surface area contributed by atoms with E-state index in [1.165, 1.54) is 0 Å². The van der Waals surface area contributed by atoms with Crippen molar-refractivity contribution in [3.8, 4) is 0 Å². The van der Waals surface area contributed by atoms with Crippen molar-refractivity contribution in [2.75, 3.05) is 19.8 Å². The summed E-state index contributed by atoms with van der Waals surface area (Å²) in [5, 5.41) is 0. The molecule has 2 unspecified atom stereocenters. The van der Waals surface area contributed by atoms with Crippen molar-refractivity contribution in [1.29, 1.82) is 0 Å². The van der Waals surface area contributed by atoms with E-state index in [1.54, 1.807) is 22.6 Å². The molecule has 0 aromatic rings. The molecule has 0 amide bonds. The molecule has 1 fully saturated rings. The van der Waals surface area contributed by atoms with Gasteiger partial charge in [0.05, 0.1) is 26.2 Å². The first-order valence-corrected chi connectivity index (χ1v) is 5.12. The first kappa shape index (κ1) is 11.5. The largest absolute Gasteiger partial charge is 0.390 e. The molecular formula is C7H10F3IO2. The van der Waals surface area contributed by atoms with Gasteiger partial charge in [0.1, 0.15) is 6.10 Å². The normalized spacial score (nSPS) is 24.5. The summed E-state index contributed by atoms with van der Waals surface area (Å²) in [4.78, 5) is 0. The molecular weight excluding hydrogens is 300 g/mol. The van der Waals surface area contributed by atoms with Crippen LogP contribution in [0.5, 0.6) is 0 Å². The summed E-state index contributed by atoms with van der Waals surface area (Å²) in [6.45, 7) is 1.22. The van der Waals surface area contributed by atoms with Gasteiger partial charge >= 0.3 is 6.18 Å². The predicted octanol–water partition coefficient (Wildman–Crippen LogP) is 2.16. The minimum atomic E-state index is -4.09. The Hall–Kier alpha value is 0.440. The van der Waals surface area contributed by atoms with E-state index in [-0.39, 0.29) is 12.7 Å². The number of rotatable bonds is 5. The lowest BCUT2D eigenvalue weighted by atomic mass is 10.3. The third-order valence-electron chi connectivity index (χ3n) is 1.46. The number of alkyl halides is 4. The molecule has 6 heteroatoms. The minimum absolute atomic E-state index is 0.120. The van der Waals surface area contributed by atoms with E-state index in [1.807, 2.05) is 0 Å². The molecule has 1 saturated heterocycles. The molecule has 1 aliphatic heterocycles. The molecule has 1 aliphatic rings. The molecule has 1 rings (SSSR count). The zero-order chi connectivity index (χ0) is 9.90. The van der Waals surface area contributed by atoms with Crippen LogP contribution >= 0.6 is 22.6 Å². The molecule has 1 heterocycles. The maximum atomic E-state index is 11.8. The molecule has 0 aromatic carbocycles. The van der Waals surface area contributed by atoms with E-state index in [4.69, 9.17) is 9.47 Å². The summed E-state index contributed by atoms with van der Waals surface area (Å²) < 4.78 is 44.8. The molecule has 2 atom stereocenters. The van der Waals surface area contributed by atoms with Gasteiger partial charge in [-0.15, -0.1) is 0 Å². The topological polar surface area (TPSA) is 21.8 Å². The number of halogens is 4. The van der Waals surface area contributed by atoms with Crippen LogP contribution < -0.4 is 0 Å². The van der Waals surface area contributed by atoms with Gasteiger partial charge in [-0.25, -0.2) is 0 Å². The Labute approximate surface area is 87.9 Å². The summed E-state index contributed by atoms with van der Waals surface area (Å²) in [7, 11) is 0. The van der Waals surface area contributed by atoms with Crippen molar-refractivity contribution in [3.05, 3.63) is 0 Å². The molecule has 0 aliphatic carbocycles. The van der Waals surface area contributed by atoms with E-state index < -0.39 is 16.5 Å². The summed E-state index contributed by atoms with van der Waals surface area (Å²) in [6, 6.07) is 0. The Balaban J connectivity index is 1.99. The van der Waals surface area contributed by atoms with Crippen LogP contribution in [0.15, 0.2) is 0 Å². The Morgan fingerprint density at radius 1 is 1.54 bits per heavy atom. The summed E-state index contributed by atoms with van der Waals surface area (Å²) in [5.41, 5.74) is 0. The van der Waals surface area contributed by atoms with Crippen molar-refractivity contribution in [2.45, 2.75) is 22.6 Å². The van der Waals surface area contributed by atoms with Crippen LogP contribution in [-0.4, -0.2) is 36.0 Å². The lowest BCUT2D eigenvalue weighted by Crippen LogP contribution is -2.20. The van der Waals surface area contributed by atoms with Gasteiger partial charge in [0.25, 0.3) is 0 Å². The fourth-order valence-corrected chi connectivity index (χ4v) is 1.56. The first-order chi connectivity index (χ1) is 5.97. The highest BCUT2D eigenvalue weighted by molar-refractivity contribution is 14.1. The zero-order valence-electron chi connectivity index (χ0n) is 6.81. The second-order valence-corrected chi connectivity index (χ2v) is 4.67. The molecule has 0 N–H and O–H groups in total. The summed E-state index contributed by atoms with van der Waals surface area (Å²) >= 11 is 1.75. The third kappa shape index (κ3) is 6.50. The minimum Gasteiger partial charge on any atom is -0.378 e. The average molecular weight is 310 g/mol. The Morgan fingerprint density at radius 3 is 2.62 bits per heavy atom. The fourth-order valence-electron chi connectivity index (χ4n) is 0.802. The van der Waals surface area contributed by atoms with Gasteiger partial charge in [-0.1, -0.05) is 22.6 Å². The standard InChI is InChI=1S/C7H10F3IO2/c8-7(9,10)1-5(11)2-12-3-6-4-13-6/h5-6H,1-4H2. The molecule has 2 nitrogen and oxygen atoms in total. The lowest BCUT2D eigenvalue weighted by Gasteiger charge is -2.12. The molecule has 0 saturated carbocycles. The van der Waals surface area contributed by atoms with Crippen LogP contribution in [0.1, 0.15) is 6.42 Å². The van der Waals surface area contributed by atoms with Gasteiger partial charge in [-0.3, -0.25) is 0 Å². The maximum Gasteiger partial charge on any atom is 0.390 e. The van der Waals surface area contributed by atoms with Gasteiger partial charge in [0, 0.05) is 3.92 Å². The maximum absolute atomic E-state index is 11.8. The smallest absolute Gasteiger partial charge is 0.378 e. The summed E-state index contributed by atoms with van der Waals surface area (Å²) in [6.07, 6.45) is -4.76. The van der Waals surface area contributed by atoms with Crippen LogP contribution in [0.4, 0.5) is 13.2 Å². The Morgan fingerprint density at radius 2 is 2.15 bits per heavy atom. The molecule has 0 aromatic heterocycles. The van der Waals surface area contributed by atoms with Crippen LogP contribution in [0.2, 0.25) is 0 Å². The van der Waals surface area contributed by atoms with Crippen LogP contribution in [0.25, 0.3) is 0 Å². The van der Waals surface area contributed by atoms with Crippen LogP contribution in [0.3, 0.4) is 0 Å². The van der Waals surface area contributed by atoms with Gasteiger partial charge < -0.3 is 9.47 Å². The number of ether oxygens (including phenoxy) is 2. The second kappa shape index (κ2) is 4.79. The Kier molecular flexibility index (Phi) is 4.24. The molecule has 78 valence electrons. The Bertz CT molecular complexity index is 158. The van der Waals surface area contributed by atoms with Gasteiger partial charge in [0.15, 0.2) is 0 Å². The first-order valence-electron chi connectivity index (χ1n) is 3.87. The van der Waals surface area contributed by atoms with E-state index >= 15 is 0 Å². The van der Waals surface area contributed by atoms with Crippen molar-refractivity contribution < 1.29 is 22.6 Å². The second-order valence-electron chi connectivity index (χ2n) is 2.91.